The monoisotopic (exact) mass is 438 g/mol. The number of hydrogen-bond acceptors (Lipinski definition) is 4. The fourth-order valence-electron chi connectivity index (χ4n) is 4.31. The Morgan fingerprint density at radius 1 is 1.07 bits per heavy atom. The van der Waals surface area contributed by atoms with Crippen LogP contribution >= 0.6 is 34.8 Å². The second-order valence-corrected chi connectivity index (χ2v) is 8.86. The molecule has 3 aliphatic carbocycles. The van der Waals surface area contributed by atoms with Crippen LogP contribution in [0.4, 0.5) is 5.69 Å². The molecule has 0 saturated heterocycles. The first-order valence-electron chi connectivity index (χ1n) is 8.78. The number of rotatable bonds is 5. The fraction of sp³-hybridized carbons (Fsp3) is 0.368. The lowest BCUT2D eigenvalue weighted by Crippen LogP contribution is -2.77. The van der Waals surface area contributed by atoms with Crippen LogP contribution in [0.1, 0.15) is 36.5 Å². The number of halogens is 3. The van der Waals surface area contributed by atoms with Crippen LogP contribution in [0.25, 0.3) is 0 Å². The summed E-state index contributed by atoms with van der Waals surface area (Å²) in [7, 11) is 0. The molecule has 1 unspecified atom stereocenters. The van der Waals surface area contributed by atoms with Gasteiger partial charge in [-0.15, -0.1) is 0 Å². The van der Waals surface area contributed by atoms with Gasteiger partial charge >= 0.3 is 0 Å². The predicted molar refractivity (Wildman–Crippen MR) is 108 cm³/mol. The summed E-state index contributed by atoms with van der Waals surface area (Å²) in [6, 6.07) is 4.81. The number of carbonyl (C=O) groups excluding carboxylic acids is 2. The molecule has 2 N–H and O–H groups in total. The lowest BCUT2D eigenvalue weighted by Gasteiger charge is -2.72. The van der Waals surface area contributed by atoms with Gasteiger partial charge in [0.25, 0.3) is 5.91 Å². The zero-order valence-corrected chi connectivity index (χ0v) is 17.2. The molecule has 2 aromatic rings. The molecule has 3 saturated carbocycles. The van der Waals surface area contributed by atoms with E-state index in [0.717, 1.165) is 19.3 Å². The minimum absolute atomic E-state index is 0.0811. The van der Waals surface area contributed by atoms with E-state index in [2.05, 4.69) is 20.6 Å². The SMILES string of the molecule is CC(C(=O)Nc1cnc(Cl)nc1)C12CC(NC(=O)c3ccc(Cl)c(Cl)c3)(C1)C2. The molecule has 0 spiro atoms. The van der Waals surface area contributed by atoms with Crippen LogP contribution in [0.3, 0.4) is 0 Å². The Morgan fingerprint density at radius 2 is 1.71 bits per heavy atom. The van der Waals surface area contributed by atoms with Gasteiger partial charge in [0.05, 0.1) is 28.1 Å². The normalized spacial score (nSPS) is 25.9. The topological polar surface area (TPSA) is 84.0 Å². The average molecular weight is 440 g/mol. The number of nitrogens with zero attached hydrogens (tertiary/aromatic N) is 2. The first-order valence-corrected chi connectivity index (χ1v) is 9.91. The average Bonchev–Trinajstić information content (AvgIpc) is 2.60. The molecule has 146 valence electrons. The van der Waals surface area contributed by atoms with Crippen LogP contribution in [-0.2, 0) is 4.79 Å². The van der Waals surface area contributed by atoms with Crippen molar-refractivity contribution in [1.29, 1.82) is 0 Å². The third kappa shape index (κ3) is 3.34. The van der Waals surface area contributed by atoms with Crippen molar-refractivity contribution in [3.63, 3.8) is 0 Å². The third-order valence-electron chi connectivity index (χ3n) is 5.83. The highest BCUT2D eigenvalue weighted by Gasteiger charge is 2.71. The van der Waals surface area contributed by atoms with E-state index in [0.29, 0.717) is 21.3 Å². The predicted octanol–water partition coefficient (Wildman–Crippen LogP) is 4.36. The summed E-state index contributed by atoms with van der Waals surface area (Å²) in [6.07, 6.45) is 5.28. The minimum Gasteiger partial charge on any atom is -0.347 e. The zero-order chi connectivity index (χ0) is 20.1. The van der Waals surface area contributed by atoms with Crippen LogP contribution < -0.4 is 10.6 Å². The third-order valence-corrected chi connectivity index (χ3v) is 6.77. The van der Waals surface area contributed by atoms with Crippen molar-refractivity contribution in [3.05, 3.63) is 51.5 Å². The quantitative estimate of drug-likeness (QED) is 0.678. The Hall–Kier alpha value is -1.89. The maximum Gasteiger partial charge on any atom is 0.251 e. The van der Waals surface area contributed by atoms with Crippen molar-refractivity contribution >= 4 is 52.3 Å². The summed E-state index contributed by atoms with van der Waals surface area (Å²) in [4.78, 5) is 32.8. The summed E-state index contributed by atoms with van der Waals surface area (Å²) in [5, 5.41) is 6.80. The molecule has 1 aromatic carbocycles. The number of anilines is 1. The van der Waals surface area contributed by atoms with Gasteiger partial charge in [0.15, 0.2) is 0 Å². The highest BCUT2D eigenvalue weighted by Crippen LogP contribution is 2.70. The number of carbonyl (C=O) groups is 2. The Bertz CT molecular complexity index is 944. The molecule has 28 heavy (non-hydrogen) atoms. The van der Waals surface area contributed by atoms with Crippen molar-refractivity contribution in [1.82, 2.24) is 15.3 Å². The van der Waals surface area contributed by atoms with Gasteiger partial charge < -0.3 is 10.6 Å². The molecule has 9 heteroatoms. The van der Waals surface area contributed by atoms with E-state index in [9.17, 15) is 9.59 Å². The summed E-state index contributed by atoms with van der Waals surface area (Å²) in [5.74, 6) is -0.454. The summed E-state index contributed by atoms with van der Waals surface area (Å²) < 4.78 is 0. The molecule has 0 aliphatic heterocycles. The first-order chi connectivity index (χ1) is 13.2. The van der Waals surface area contributed by atoms with Gasteiger partial charge in [0.2, 0.25) is 11.2 Å². The first kappa shape index (κ1) is 19.4. The minimum atomic E-state index is -0.235. The molecule has 0 radical (unpaired) electrons. The highest BCUT2D eigenvalue weighted by atomic mass is 35.5. The number of nitrogens with one attached hydrogen (secondary N) is 2. The fourth-order valence-corrected chi connectivity index (χ4v) is 4.71. The standard InChI is InChI=1S/C19H17Cl3N4O2/c1-10(15(27)25-12-5-23-17(22)24-6-12)18-7-19(8-18,9-18)26-16(28)11-2-3-13(20)14(21)4-11/h2-6,10H,7-9H2,1H3,(H,25,27)(H,26,28). The van der Waals surface area contributed by atoms with Gasteiger partial charge in [-0.1, -0.05) is 30.1 Å². The van der Waals surface area contributed by atoms with Crippen molar-refractivity contribution < 1.29 is 9.59 Å². The number of amides is 2. The number of benzene rings is 1. The van der Waals surface area contributed by atoms with Gasteiger partial charge in [-0.3, -0.25) is 9.59 Å². The Labute approximate surface area is 177 Å². The molecule has 3 fully saturated rings. The van der Waals surface area contributed by atoms with E-state index < -0.39 is 0 Å². The molecular weight excluding hydrogens is 423 g/mol. The second-order valence-electron chi connectivity index (χ2n) is 7.71. The molecule has 1 atom stereocenters. The molecule has 5 rings (SSSR count). The second kappa shape index (κ2) is 6.87. The summed E-state index contributed by atoms with van der Waals surface area (Å²) in [6.45, 7) is 1.91. The van der Waals surface area contributed by atoms with E-state index in [4.69, 9.17) is 34.8 Å². The van der Waals surface area contributed by atoms with Gasteiger partial charge in [-0.05, 0) is 54.5 Å². The molecule has 1 heterocycles. The Kier molecular flexibility index (Phi) is 4.76. The largest absolute Gasteiger partial charge is 0.347 e. The lowest BCUT2D eigenvalue weighted by atomic mass is 9.36. The van der Waals surface area contributed by atoms with E-state index in [1.807, 2.05) is 6.92 Å². The maximum absolute atomic E-state index is 12.6. The van der Waals surface area contributed by atoms with E-state index in [1.54, 1.807) is 18.2 Å². The van der Waals surface area contributed by atoms with Crippen LogP contribution in [0, 0.1) is 11.3 Å². The zero-order valence-electron chi connectivity index (χ0n) is 14.9. The van der Waals surface area contributed by atoms with Gasteiger partial charge in [0.1, 0.15) is 0 Å². The molecule has 2 amide bonds. The van der Waals surface area contributed by atoms with Gasteiger partial charge in [0, 0.05) is 17.0 Å². The van der Waals surface area contributed by atoms with Crippen LogP contribution in [0.15, 0.2) is 30.6 Å². The summed E-state index contributed by atoms with van der Waals surface area (Å²) >= 11 is 17.5. The van der Waals surface area contributed by atoms with Gasteiger partial charge in [-0.25, -0.2) is 9.97 Å². The number of aromatic nitrogens is 2. The molecular formula is C19H17Cl3N4O2. The van der Waals surface area contributed by atoms with Crippen molar-refractivity contribution in [2.45, 2.75) is 31.7 Å². The van der Waals surface area contributed by atoms with E-state index in [1.165, 1.54) is 12.4 Å². The van der Waals surface area contributed by atoms with Crippen molar-refractivity contribution in [3.8, 4) is 0 Å². The summed E-state index contributed by atoms with van der Waals surface area (Å²) in [5.41, 5.74) is 0.667. The van der Waals surface area contributed by atoms with E-state index >= 15 is 0 Å². The molecule has 3 aliphatic rings. The number of hydrogen-bond donors (Lipinski definition) is 2. The smallest absolute Gasteiger partial charge is 0.251 e. The van der Waals surface area contributed by atoms with Crippen LogP contribution in [0.5, 0.6) is 0 Å². The van der Waals surface area contributed by atoms with Crippen LogP contribution in [0.2, 0.25) is 15.3 Å². The lowest BCUT2D eigenvalue weighted by molar-refractivity contribution is -0.184. The Morgan fingerprint density at radius 3 is 2.32 bits per heavy atom. The highest BCUT2D eigenvalue weighted by molar-refractivity contribution is 6.42. The van der Waals surface area contributed by atoms with E-state index in [-0.39, 0.29) is 34.0 Å². The van der Waals surface area contributed by atoms with Gasteiger partial charge in [-0.2, -0.15) is 0 Å². The Balaban J connectivity index is 1.34. The van der Waals surface area contributed by atoms with Crippen molar-refractivity contribution in [2.75, 3.05) is 5.32 Å². The molecule has 2 bridgehead atoms. The van der Waals surface area contributed by atoms with Crippen molar-refractivity contribution in [2.24, 2.45) is 11.3 Å². The maximum atomic E-state index is 12.6. The molecule has 6 nitrogen and oxygen atoms in total. The van der Waals surface area contributed by atoms with Crippen LogP contribution in [-0.4, -0.2) is 27.3 Å². The molecule has 1 aromatic heterocycles.